The number of nitro benzene ring substituents is 1. The Kier molecular flexibility index (Phi) is 8.42. The first-order chi connectivity index (χ1) is 15.9. The van der Waals surface area contributed by atoms with E-state index in [2.05, 4.69) is 18.7 Å². The molecule has 0 unspecified atom stereocenters. The van der Waals surface area contributed by atoms with Crippen molar-refractivity contribution >= 4 is 72.1 Å². The topological polar surface area (TPSA) is 88.8 Å². The maximum Gasteiger partial charge on any atom is 0.270 e. The summed E-state index contributed by atoms with van der Waals surface area (Å²) < 4.78 is 7.10. The van der Waals surface area contributed by atoms with Crippen molar-refractivity contribution in [2.45, 2.75) is 13.8 Å². The van der Waals surface area contributed by atoms with Crippen molar-refractivity contribution in [1.82, 2.24) is 9.88 Å². The molecule has 2 heterocycles. The van der Waals surface area contributed by atoms with Crippen molar-refractivity contribution in [3.8, 4) is 5.75 Å². The predicted octanol–water partition coefficient (Wildman–Crippen LogP) is 5.84. The average Bonchev–Trinajstić information content (AvgIpc) is 3.44. The Morgan fingerprint density at radius 2 is 1.82 bits per heavy atom. The number of methoxy groups -OCH3 is 1. The second-order valence-electron chi connectivity index (χ2n) is 7.40. The third-order valence-electron chi connectivity index (χ3n) is 5.52. The molecule has 0 saturated carbocycles. The molecule has 0 N–H and O–H groups in total. The van der Waals surface area contributed by atoms with E-state index in [4.69, 9.17) is 9.72 Å². The Labute approximate surface area is 211 Å². The van der Waals surface area contributed by atoms with Gasteiger partial charge >= 0.3 is 0 Å². The van der Waals surface area contributed by atoms with Gasteiger partial charge in [0, 0.05) is 35.3 Å². The zero-order valence-electron chi connectivity index (χ0n) is 19.0. The number of ether oxygens (including phenoxy) is 1. The minimum absolute atomic E-state index is 0. The summed E-state index contributed by atoms with van der Waals surface area (Å²) in [5.74, 6) is 0.585. The number of carbonyl (C=O) groups excluding carboxylic acids is 1. The first kappa shape index (κ1) is 25.8. The Morgan fingerprint density at radius 1 is 1.06 bits per heavy atom. The summed E-state index contributed by atoms with van der Waals surface area (Å²) in [5.41, 5.74) is 0.821. The minimum Gasteiger partial charge on any atom is -0.497 e. The molecule has 0 atom stereocenters. The van der Waals surface area contributed by atoms with E-state index in [9.17, 15) is 14.9 Å². The fourth-order valence-corrected chi connectivity index (χ4v) is 5.59. The van der Waals surface area contributed by atoms with Crippen LogP contribution in [0.15, 0.2) is 42.5 Å². The largest absolute Gasteiger partial charge is 0.497 e. The second-order valence-corrected chi connectivity index (χ2v) is 9.50. The monoisotopic (exact) mass is 520 g/mol. The number of hydrogen-bond acceptors (Lipinski definition) is 8. The van der Waals surface area contributed by atoms with E-state index in [0.717, 1.165) is 33.8 Å². The second kappa shape index (κ2) is 11.1. The van der Waals surface area contributed by atoms with Gasteiger partial charge in [0.15, 0.2) is 5.13 Å². The molecule has 0 bridgehead atoms. The number of anilines is 1. The van der Waals surface area contributed by atoms with Gasteiger partial charge in [-0.15, -0.1) is 23.7 Å². The summed E-state index contributed by atoms with van der Waals surface area (Å²) in [7, 11) is 1.62. The van der Waals surface area contributed by atoms with Crippen LogP contribution in [-0.2, 0) is 0 Å². The molecule has 0 aliphatic carbocycles. The molecule has 0 aliphatic rings. The lowest BCUT2D eigenvalue weighted by Crippen LogP contribution is -2.38. The first-order valence-corrected chi connectivity index (χ1v) is 12.2. The van der Waals surface area contributed by atoms with Crippen LogP contribution in [-0.4, -0.2) is 54.0 Å². The smallest absolute Gasteiger partial charge is 0.270 e. The zero-order valence-corrected chi connectivity index (χ0v) is 21.5. The predicted molar refractivity (Wildman–Crippen MR) is 141 cm³/mol. The number of non-ortho nitro benzene ring substituents is 1. The normalized spacial score (nSPS) is 11.1. The maximum absolute atomic E-state index is 13.6. The third-order valence-corrected chi connectivity index (χ3v) is 7.66. The fraction of sp³-hybridized carbons (Fsp3) is 0.304. The van der Waals surface area contributed by atoms with E-state index in [1.54, 1.807) is 24.1 Å². The average molecular weight is 521 g/mol. The summed E-state index contributed by atoms with van der Waals surface area (Å²) in [6, 6.07) is 12.1. The van der Waals surface area contributed by atoms with Gasteiger partial charge in [-0.2, -0.15) is 0 Å². The van der Waals surface area contributed by atoms with Crippen LogP contribution in [0, 0.1) is 10.1 Å². The number of rotatable bonds is 9. The Balaban J connectivity index is 0.00000324. The highest BCUT2D eigenvalue weighted by Crippen LogP contribution is 2.34. The van der Waals surface area contributed by atoms with Crippen LogP contribution in [0.4, 0.5) is 10.8 Å². The van der Waals surface area contributed by atoms with Crippen LogP contribution in [0.25, 0.3) is 20.3 Å². The van der Waals surface area contributed by atoms with Gasteiger partial charge in [0.2, 0.25) is 0 Å². The van der Waals surface area contributed by atoms with E-state index in [0.29, 0.717) is 28.5 Å². The number of likely N-dealkylation sites (N-methyl/N-ethyl adjacent to an activating group) is 1. The van der Waals surface area contributed by atoms with Crippen molar-refractivity contribution in [2.24, 2.45) is 0 Å². The molecule has 0 aliphatic heterocycles. The van der Waals surface area contributed by atoms with E-state index < -0.39 is 4.92 Å². The summed E-state index contributed by atoms with van der Waals surface area (Å²) in [5, 5.41) is 12.4. The van der Waals surface area contributed by atoms with E-state index in [1.165, 1.54) is 34.8 Å². The van der Waals surface area contributed by atoms with Crippen molar-refractivity contribution in [3.63, 3.8) is 0 Å². The van der Waals surface area contributed by atoms with Crippen LogP contribution >= 0.6 is 35.1 Å². The quantitative estimate of drug-likeness (QED) is 0.203. The number of thiazole rings is 1. The number of nitrogens with zero attached hydrogens (tertiary/aromatic N) is 4. The summed E-state index contributed by atoms with van der Waals surface area (Å²) in [6.45, 7) is 7.18. The van der Waals surface area contributed by atoms with Gasteiger partial charge in [-0.1, -0.05) is 25.2 Å². The van der Waals surface area contributed by atoms with E-state index >= 15 is 0 Å². The summed E-state index contributed by atoms with van der Waals surface area (Å²) >= 11 is 2.79. The van der Waals surface area contributed by atoms with Crippen LogP contribution in [0.3, 0.4) is 0 Å². The van der Waals surface area contributed by atoms with Crippen LogP contribution in [0.1, 0.15) is 23.5 Å². The summed E-state index contributed by atoms with van der Waals surface area (Å²) in [6.07, 6.45) is 0. The lowest BCUT2D eigenvalue weighted by molar-refractivity contribution is -0.384. The van der Waals surface area contributed by atoms with E-state index in [1.807, 2.05) is 18.2 Å². The van der Waals surface area contributed by atoms with Crippen molar-refractivity contribution in [1.29, 1.82) is 0 Å². The highest BCUT2D eigenvalue weighted by molar-refractivity contribution is 7.23. The number of amides is 1. The number of aromatic nitrogens is 1. The first-order valence-electron chi connectivity index (χ1n) is 10.6. The Morgan fingerprint density at radius 3 is 2.50 bits per heavy atom. The molecule has 8 nitrogen and oxygen atoms in total. The van der Waals surface area contributed by atoms with Crippen molar-refractivity contribution < 1.29 is 14.5 Å². The molecular weight excluding hydrogens is 496 g/mol. The molecule has 0 spiro atoms. The molecular formula is C23H25ClN4O4S2. The molecule has 4 rings (SSSR count). The molecule has 180 valence electrons. The van der Waals surface area contributed by atoms with Gasteiger partial charge in [0.05, 0.1) is 27.1 Å². The third kappa shape index (κ3) is 5.30. The van der Waals surface area contributed by atoms with Crippen LogP contribution in [0.5, 0.6) is 5.75 Å². The van der Waals surface area contributed by atoms with Crippen molar-refractivity contribution in [2.75, 3.05) is 38.2 Å². The Hall–Kier alpha value is -2.79. The van der Waals surface area contributed by atoms with Gasteiger partial charge in [0.25, 0.3) is 11.6 Å². The van der Waals surface area contributed by atoms with E-state index in [-0.39, 0.29) is 24.0 Å². The standard InChI is InChI=1S/C23H24N4O4S2.ClH/c1-4-25(5-2)10-11-26(23-24-18-8-7-17(31-3)14-20(18)33-23)22(28)21-13-15-12-16(27(29)30)6-9-19(15)32-21;/h6-9,12-14H,4-5,10-11H2,1-3H3;1H. The number of nitro groups is 1. The SMILES string of the molecule is CCN(CC)CCN(C(=O)c1cc2cc([N+](=O)[O-])ccc2s1)c1nc2ccc(OC)cc2s1.Cl. The number of halogens is 1. The van der Waals surface area contributed by atoms with Crippen LogP contribution in [0.2, 0.25) is 0 Å². The molecule has 4 aromatic rings. The molecule has 0 fully saturated rings. The highest BCUT2D eigenvalue weighted by atomic mass is 35.5. The van der Waals surface area contributed by atoms with Gasteiger partial charge < -0.3 is 9.64 Å². The number of thiophene rings is 1. The van der Waals surface area contributed by atoms with Gasteiger partial charge in [0.1, 0.15) is 5.75 Å². The number of benzene rings is 2. The van der Waals surface area contributed by atoms with Gasteiger partial charge in [-0.25, -0.2) is 4.98 Å². The molecule has 0 radical (unpaired) electrons. The van der Waals surface area contributed by atoms with Gasteiger partial charge in [-0.3, -0.25) is 19.8 Å². The molecule has 0 saturated heterocycles. The zero-order chi connectivity index (χ0) is 23.5. The van der Waals surface area contributed by atoms with Crippen LogP contribution < -0.4 is 9.64 Å². The lowest BCUT2D eigenvalue weighted by Gasteiger charge is -2.24. The minimum atomic E-state index is -0.426. The number of carbonyl (C=O) groups is 1. The Bertz CT molecular complexity index is 1320. The fourth-order valence-electron chi connectivity index (χ4n) is 3.58. The molecule has 2 aromatic carbocycles. The van der Waals surface area contributed by atoms with Gasteiger partial charge in [-0.05, 0) is 43.4 Å². The number of fused-ring (bicyclic) bond motifs is 2. The molecule has 11 heteroatoms. The lowest BCUT2D eigenvalue weighted by atomic mass is 10.2. The maximum atomic E-state index is 13.6. The number of hydrogen-bond donors (Lipinski definition) is 0. The highest BCUT2D eigenvalue weighted by Gasteiger charge is 2.24. The summed E-state index contributed by atoms with van der Waals surface area (Å²) in [4.78, 5) is 33.6. The van der Waals surface area contributed by atoms with Crippen molar-refractivity contribution in [3.05, 3.63) is 57.5 Å². The molecule has 34 heavy (non-hydrogen) atoms. The molecule has 2 aromatic heterocycles. The molecule has 1 amide bonds.